The van der Waals surface area contributed by atoms with Crippen molar-refractivity contribution in [2.24, 2.45) is 0 Å². The first-order valence-corrected chi connectivity index (χ1v) is 7.80. The standard InChI is InChI=1S/C19H18N2O3/c1-2-11-23-17-6-4-3-5-16(17)21-19(22)15-9-7-14(8-10-15)18-12-20-13-24-18/h3-10,12-13H,2,11H2,1H3,(H,21,22). The maximum atomic E-state index is 12.4. The highest BCUT2D eigenvalue weighted by atomic mass is 16.5. The summed E-state index contributed by atoms with van der Waals surface area (Å²) in [6.45, 7) is 2.65. The summed E-state index contributed by atoms with van der Waals surface area (Å²) in [6, 6.07) is 14.6. The zero-order chi connectivity index (χ0) is 16.8. The average Bonchev–Trinajstić information content (AvgIpc) is 3.16. The first-order chi connectivity index (χ1) is 11.8. The fourth-order valence-electron chi connectivity index (χ4n) is 2.25. The fraction of sp³-hybridized carbons (Fsp3) is 0.158. The third-order valence-corrected chi connectivity index (χ3v) is 3.46. The van der Waals surface area contributed by atoms with Gasteiger partial charge in [-0.1, -0.05) is 31.2 Å². The van der Waals surface area contributed by atoms with Crippen LogP contribution in [0, 0.1) is 0 Å². The molecule has 0 spiro atoms. The van der Waals surface area contributed by atoms with Crippen LogP contribution >= 0.6 is 0 Å². The predicted octanol–water partition coefficient (Wildman–Crippen LogP) is 4.38. The van der Waals surface area contributed by atoms with Gasteiger partial charge in [-0.3, -0.25) is 4.79 Å². The lowest BCUT2D eigenvalue weighted by Gasteiger charge is -2.12. The number of oxazole rings is 1. The van der Waals surface area contributed by atoms with Gasteiger partial charge in [0.05, 0.1) is 18.5 Å². The Balaban J connectivity index is 1.73. The number of hydrogen-bond donors (Lipinski definition) is 1. The minimum Gasteiger partial charge on any atom is -0.491 e. The highest BCUT2D eigenvalue weighted by Crippen LogP contribution is 2.25. The highest BCUT2D eigenvalue weighted by molar-refractivity contribution is 6.05. The summed E-state index contributed by atoms with van der Waals surface area (Å²) >= 11 is 0. The minimum atomic E-state index is -0.188. The van der Waals surface area contributed by atoms with Gasteiger partial charge < -0.3 is 14.5 Å². The average molecular weight is 322 g/mol. The van der Waals surface area contributed by atoms with E-state index in [1.54, 1.807) is 18.3 Å². The first-order valence-electron chi connectivity index (χ1n) is 7.80. The predicted molar refractivity (Wildman–Crippen MR) is 92.1 cm³/mol. The van der Waals surface area contributed by atoms with E-state index in [0.717, 1.165) is 12.0 Å². The van der Waals surface area contributed by atoms with E-state index in [0.29, 0.717) is 29.4 Å². The smallest absolute Gasteiger partial charge is 0.255 e. The largest absolute Gasteiger partial charge is 0.491 e. The number of hydrogen-bond acceptors (Lipinski definition) is 4. The third kappa shape index (κ3) is 3.63. The molecular formula is C19H18N2O3. The number of carbonyl (C=O) groups excluding carboxylic acids is 1. The van der Waals surface area contributed by atoms with E-state index < -0.39 is 0 Å². The van der Waals surface area contributed by atoms with Gasteiger partial charge in [0.25, 0.3) is 5.91 Å². The zero-order valence-electron chi connectivity index (χ0n) is 13.4. The number of para-hydroxylation sites is 2. The summed E-state index contributed by atoms with van der Waals surface area (Å²) in [6.07, 6.45) is 3.92. The van der Waals surface area contributed by atoms with Gasteiger partial charge in [-0.15, -0.1) is 0 Å². The number of nitrogens with one attached hydrogen (secondary N) is 1. The SMILES string of the molecule is CCCOc1ccccc1NC(=O)c1ccc(-c2cnco2)cc1. The van der Waals surface area contributed by atoms with Gasteiger partial charge in [0.15, 0.2) is 12.2 Å². The third-order valence-electron chi connectivity index (χ3n) is 3.46. The van der Waals surface area contributed by atoms with Crippen LogP contribution in [-0.2, 0) is 0 Å². The van der Waals surface area contributed by atoms with Crippen molar-refractivity contribution >= 4 is 11.6 Å². The van der Waals surface area contributed by atoms with Crippen molar-refractivity contribution in [3.05, 3.63) is 66.7 Å². The molecular weight excluding hydrogens is 304 g/mol. The molecule has 1 amide bonds. The van der Waals surface area contributed by atoms with Crippen LogP contribution in [0.4, 0.5) is 5.69 Å². The van der Waals surface area contributed by atoms with Crippen molar-refractivity contribution in [3.8, 4) is 17.1 Å². The molecule has 2 aromatic carbocycles. The van der Waals surface area contributed by atoms with E-state index in [9.17, 15) is 4.79 Å². The van der Waals surface area contributed by atoms with Crippen molar-refractivity contribution in [2.75, 3.05) is 11.9 Å². The van der Waals surface area contributed by atoms with Gasteiger partial charge >= 0.3 is 0 Å². The Kier molecular flexibility index (Phi) is 4.91. The molecule has 0 saturated heterocycles. The topological polar surface area (TPSA) is 64.4 Å². The maximum absolute atomic E-state index is 12.4. The molecule has 1 heterocycles. The molecule has 5 heteroatoms. The number of nitrogens with zero attached hydrogens (tertiary/aromatic N) is 1. The molecule has 0 saturated carbocycles. The second-order valence-electron chi connectivity index (χ2n) is 5.24. The maximum Gasteiger partial charge on any atom is 0.255 e. The number of aromatic nitrogens is 1. The van der Waals surface area contributed by atoms with Crippen LogP contribution < -0.4 is 10.1 Å². The molecule has 1 aromatic heterocycles. The van der Waals surface area contributed by atoms with Gasteiger partial charge in [0.2, 0.25) is 0 Å². The fourth-order valence-corrected chi connectivity index (χ4v) is 2.25. The monoisotopic (exact) mass is 322 g/mol. The molecule has 3 aromatic rings. The van der Waals surface area contributed by atoms with Gasteiger partial charge in [-0.2, -0.15) is 0 Å². The van der Waals surface area contributed by atoms with Crippen LogP contribution in [0.5, 0.6) is 5.75 Å². The molecule has 0 atom stereocenters. The summed E-state index contributed by atoms with van der Waals surface area (Å²) in [7, 11) is 0. The van der Waals surface area contributed by atoms with Crippen LogP contribution in [0.25, 0.3) is 11.3 Å². The van der Waals surface area contributed by atoms with E-state index >= 15 is 0 Å². The summed E-state index contributed by atoms with van der Waals surface area (Å²) < 4.78 is 10.9. The molecule has 0 bridgehead atoms. The lowest BCUT2D eigenvalue weighted by molar-refractivity contribution is 0.102. The normalized spacial score (nSPS) is 10.4. The van der Waals surface area contributed by atoms with E-state index in [2.05, 4.69) is 10.3 Å². The lowest BCUT2D eigenvalue weighted by Crippen LogP contribution is -2.13. The summed E-state index contributed by atoms with van der Waals surface area (Å²) in [5.74, 6) is 1.15. The summed E-state index contributed by atoms with van der Waals surface area (Å²) in [4.78, 5) is 16.3. The molecule has 0 radical (unpaired) electrons. The van der Waals surface area contributed by atoms with Crippen molar-refractivity contribution in [3.63, 3.8) is 0 Å². The van der Waals surface area contributed by atoms with Crippen LogP contribution in [0.15, 0.2) is 65.5 Å². The number of benzene rings is 2. The second-order valence-corrected chi connectivity index (χ2v) is 5.24. The van der Waals surface area contributed by atoms with Gasteiger partial charge in [-0.05, 0) is 30.7 Å². The Morgan fingerprint density at radius 2 is 1.96 bits per heavy atom. The molecule has 0 aliphatic carbocycles. The highest BCUT2D eigenvalue weighted by Gasteiger charge is 2.10. The number of rotatable bonds is 6. The van der Waals surface area contributed by atoms with Gasteiger partial charge in [-0.25, -0.2) is 4.98 Å². The van der Waals surface area contributed by atoms with Crippen LogP contribution in [0.3, 0.4) is 0 Å². The molecule has 0 aliphatic rings. The number of anilines is 1. The van der Waals surface area contributed by atoms with E-state index in [1.165, 1.54) is 6.39 Å². The zero-order valence-corrected chi connectivity index (χ0v) is 13.4. The van der Waals surface area contributed by atoms with E-state index in [4.69, 9.17) is 9.15 Å². The summed E-state index contributed by atoms with van der Waals surface area (Å²) in [5, 5.41) is 2.89. The number of carbonyl (C=O) groups is 1. The van der Waals surface area contributed by atoms with Gasteiger partial charge in [0.1, 0.15) is 5.75 Å². The Morgan fingerprint density at radius 3 is 2.67 bits per heavy atom. The molecule has 24 heavy (non-hydrogen) atoms. The molecule has 0 fully saturated rings. The molecule has 122 valence electrons. The van der Waals surface area contributed by atoms with Crippen molar-refractivity contribution in [1.29, 1.82) is 0 Å². The summed E-state index contributed by atoms with van der Waals surface area (Å²) in [5.41, 5.74) is 2.09. The Labute approximate surface area is 140 Å². The Morgan fingerprint density at radius 1 is 1.17 bits per heavy atom. The molecule has 0 unspecified atom stereocenters. The van der Waals surface area contributed by atoms with Crippen molar-refractivity contribution in [2.45, 2.75) is 13.3 Å². The minimum absolute atomic E-state index is 0.188. The number of ether oxygens (including phenoxy) is 1. The molecule has 5 nitrogen and oxygen atoms in total. The van der Waals surface area contributed by atoms with Gasteiger partial charge in [0, 0.05) is 11.1 Å². The Bertz CT molecular complexity index is 796. The Hall–Kier alpha value is -3.08. The van der Waals surface area contributed by atoms with Crippen molar-refractivity contribution in [1.82, 2.24) is 4.98 Å². The van der Waals surface area contributed by atoms with Crippen LogP contribution in [0.1, 0.15) is 23.7 Å². The number of amides is 1. The van der Waals surface area contributed by atoms with Crippen LogP contribution in [-0.4, -0.2) is 17.5 Å². The molecule has 0 aliphatic heterocycles. The molecule has 3 rings (SSSR count). The second kappa shape index (κ2) is 7.46. The van der Waals surface area contributed by atoms with Crippen LogP contribution in [0.2, 0.25) is 0 Å². The van der Waals surface area contributed by atoms with E-state index in [1.807, 2.05) is 43.3 Å². The van der Waals surface area contributed by atoms with E-state index in [-0.39, 0.29) is 5.91 Å². The molecule has 1 N–H and O–H groups in total. The first kappa shape index (κ1) is 15.8. The quantitative estimate of drug-likeness (QED) is 0.731. The lowest BCUT2D eigenvalue weighted by atomic mass is 10.1. The van der Waals surface area contributed by atoms with Crippen molar-refractivity contribution < 1.29 is 13.9 Å².